The van der Waals surface area contributed by atoms with Crippen molar-refractivity contribution in [3.63, 3.8) is 0 Å². The molecule has 5 nitrogen and oxygen atoms in total. The number of ether oxygens (including phenoxy) is 2. The van der Waals surface area contributed by atoms with Crippen molar-refractivity contribution in [1.82, 2.24) is 0 Å². The molecule has 6 heteroatoms. The summed E-state index contributed by atoms with van der Waals surface area (Å²) < 4.78 is 38.2. The van der Waals surface area contributed by atoms with Gasteiger partial charge in [-0.25, -0.2) is 0 Å². The van der Waals surface area contributed by atoms with Crippen molar-refractivity contribution < 1.29 is 22.1 Å². The van der Waals surface area contributed by atoms with Crippen LogP contribution < -0.4 is 0 Å². The first-order valence-electron chi connectivity index (χ1n) is 6.01. The smallest absolute Gasteiger partial charge is 0.264 e. The van der Waals surface area contributed by atoms with Crippen LogP contribution in [-0.4, -0.2) is 46.2 Å². The van der Waals surface area contributed by atoms with E-state index >= 15 is 0 Å². The fourth-order valence-electron chi connectivity index (χ4n) is 1.58. The summed E-state index contributed by atoms with van der Waals surface area (Å²) in [4.78, 5) is 0. The summed E-state index contributed by atoms with van der Waals surface area (Å²) in [5.74, 6) is -0.0982. The molecule has 0 aromatic heterocycles. The van der Waals surface area contributed by atoms with Crippen LogP contribution in [0.5, 0.6) is 0 Å². The molecule has 0 saturated heterocycles. The Morgan fingerprint density at radius 1 is 1.17 bits per heavy atom. The number of rotatable bonds is 7. The molecule has 110 valence electrons. The van der Waals surface area contributed by atoms with Crippen LogP contribution in [-0.2, 0) is 23.8 Å². The second-order valence-electron chi connectivity index (χ2n) is 5.59. The molecule has 0 N–H and O–H groups in total. The fraction of sp³-hybridized carbons (Fsp3) is 1.00. The zero-order chi connectivity index (χ0) is 14.6. The minimum atomic E-state index is -3.46. The van der Waals surface area contributed by atoms with Crippen LogP contribution in [0.1, 0.15) is 34.6 Å². The molecule has 0 amide bonds. The van der Waals surface area contributed by atoms with Crippen molar-refractivity contribution in [2.45, 2.75) is 52.4 Å². The molecule has 0 radical (unpaired) electrons. The van der Waals surface area contributed by atoms with E-state index in [2.05, 4.69) is 0 Å². The Kier molecular flexibility index (Phi) is 6.78. The summed E-state index contributed by atoms with van der Waals surface area (Å²) >= 11 is 0. The quantitative estimate of drug-likeness (QED) is 0.667. The lowest BCUT2D eigenvalue weighted by Gasteiger charge is -2.33. The summed E-state index contributed by atoms with van der Waals surface area (Å²) in [6.45, 7) is 9.86. The average molecular weight is 282 g/mol. The van der Waals surface area contributed by atoms with Gasteiger partial charge in [0.1, 0.15) is 0 Å². The second kappa shape index (κ2) is 6.84. The molecule has 3 unspecified atom stereocenters. The van der Waals surface area contributed by atoms with Crippen molar-refractivity contribution in [2.24, 2.45) is 5.92 Å². The summed E-state index contributed by atoms with van der Waals surface area (Å²) in [7, 11) is -1.87. The molecule has 0 rings (SSSR count). The summed E-state index contributed by atoms with van der Waals surface area (Å²) in [5.41, 5.74) is -0.317. The molecule has 0 aliphatic heterocycles. The highest BCUT2D eigenvalue weighted by atomic mass is 32.2. The van der Waals surface area contributed by atoms with Crippen LogP contribution in [0.15, 0.2) is 0 Å². The molecule has 0 heterocycles. The van der Waals surface area contributed by atoms with Crippen LogP contribution in [0.4, 0.5) is 0 Å². The third-order valence-corrected chi connectivity index (χ3v) is 3.14. The number of hydrogen-bond acceptors (Lipinski definition) is 5. The third-order valence-electron chi connectivity index (χ3n) is 2.49. The third kappa shape index (κ3) is 8.02. The molecule has 0 fully saturated rings. The largest absolute Gasteiger partial charge is 0.382 e. The van der Waals surface area contributed by atoms with Gasteiger partial charge in [0.25, 0.3) is 10.1 Å². The van der Waals surface area contributed by atoms with Gasteiger partial charge in [0.2, 0.25) is 0 Å². The molecule has 0 bridgehead atoms. The Hall–Kier alpha value is -0.170. The van der Waals surface area contributed by atoms with Gasteiger partial charge in [0.15, 0.2) is 0 Å². The molecule has 0 aliphatic carbocycles. The van der Waals surface area contributed by atoms with Crippen LogP contribution >= 0.6 is 0 Å². The maximum Gasteiger partial charge on any atom is 0.264 e. The van der Waals surface area contributed by atoms with Crippen molar-refractivity contribution in [2.75, 3.05) is 20.0 Å². The van der Waals surface area contributed by atoms with Crippen molar-refractivity contribution in [1.29, 1.82) is 0 Å². The zero-order valence-electron chi connectivity index (χ0n) is 12.4. The minimum Gasteiger partial charge on any atom is -0.382 e. The van der Waals surface area contributed by atoms with Gasteiger partial charge in [0.05, 0.1) is 30.7 Å². The molecule has 0 aromatic rings. The van der Waals surface area contributed by atoms with E-state index in [-0.39, 0.29) is 17.6 Å². The lowest BCUT2D eigenvalue weighted by molar-refractivity contribution is -0.121. The van der Waals surface area contributed by atoms with Gasteiger partial charge in [-0.2, -0.15) is 8.42 Å². The predicted molar refractivity (Wildman–Crippen MR) is 71.1 cm³/mol. The van der Waals surface area contributed by atoms with Gasteiger partial charge >= 0.3 is 0 Å². The summed E-state index contributed by atoms with van der Waals surface area (Å²) in [6, 6.07) is 0. The Balaban J connectivity index is 4.69. The van der Waals surface area contributed by atoms with Gasteiger partial charge < -0.3 is 9.47 Å². The Bertz CT molecular complexity index is 331. The van der Waals surface area contributed by atoms with E-state index in [1.165, 1.54) is 0 Å². The van der Waals surface area contributed by atoms with Crippen LogP contribution in [0.2, 0.25) is 0 Å². The Morgan fingerprint density at radius 2 is 1.67 bits per heavy atom. The molecule has 3 atom stereocenters. The lowest BCUT2D eigenvalue weighted by Crippen LogP contribution is -2.40. The molecule has 0 aromatic carbocycles. The van der Waals surface area contributed by atoms with Crippen LogP contribution in [0, 0.1) is 5.92 Å². The number of methoxy groups -OCH3 is 1. The molecular weight excluding hydrogens is 256 g/mol. The van der Waals surface area contributed by atoms with Gasteiger partial charge in [-0.15, -0.1) is 0 Å². The monoisotopic (exact) mass is 282 g/mol. The Morgan fingerprint density at radius 3 is 2.00 bits per heavy atom. The normalized spacial score (nSPS) is 18.4. The lowest BCUT2D eigenvalue weighted by atomic mass is 9.98. The maximum atomic E-state index is 11.1. The van der Waals surface area contributed by atoms with Gasteiger partial charge in [0, 0.05) is 13.0 Å². The van der Waals surface area contributed by atoms with Crippen LogP contribution in [0.3, 0.4) is 0 Å². The molecule has 0 aliphatic rings. The molecule has 0 spiro atoms. The first-order valence-corrected chi connectivity index (χ1v) is 7.83. The fourth-order valence-corrected chi connectivity index (χ4v) is 2.30. The van der Waals surface area contributed by atoms with Crippen LogP contribution in [0.25, 0.3) is 0 Å². The Labute approximate surface area is 111 Å². The highest BCUT2D eigenvalue weighted by molar-refractivity contribution is 7.86. The zero-order valence-corrected chi connectivity index (χ0v) is 13.2. The standard InChI is InChI=1S/C12H26O5S/c1-9(10(2)17-18(7,13)14)11(8-15-6)16-12(3,4)5/h9-11H,8H2,1-7H3. The maximum absolute atomic E-state index is 11.1. The van der Waals surface area contributed by atoms with E-state index in [4.69, 9.17) is 13.7 Å². The minimum absolute atomic E-state index is 0.0982. The molecule has 0 saturated carbocycles. The summed E-state index contributed by atoms with van der Waals surface area (Å²) in [6.07, 6.45) is 0.376. The first-order chi connectivity index (χ1) is 7.96. The van der Waals surface area contributed by atoms with Crippen molar-refractivity contribution >= 4 is 10.1 Å². The molecular formula is C12H26O5S. The second-order valence-corrected chi connectivity index (χ2v) is 7.19. The highest BCUT2D eigenvalue weighted by Crippen LogP contribution is 2.22. The summed E-state index contributed by atoms with van der Waals surface area (Å²) in [5, 5.41) is 0. The topological polar surface area (TPSA) is 61.8 Å². The number of hydrogen-bond donors (Lipinski definition) is 0. The van der Waals surface area contributed by atoms with E-state index in [1.54, 1.807) is 14.0 Å². The predicted octanol–water partition coefficient (Wildman–Crippen LogP) is 1.82. The van der Waals surface area contributed by atoms with E-state index < -0.39 is 16.2 Å². The van der Waals surface area contributed by atoms with Crippen molar-refractivity contribution in [3.05, 3.63) is 0 Å². The average Bonchev–Trinajstić information content (AvgIpc) is 2.11. The first kappa shape index (κ1) is 17.8. The van der Waals surface area contributed by atoms with E-state index in [1.807, 2.05) is 27.7 Å². The van der Waals surface area contributed by atoms with Crippen molar-refractivity contribution in [3.8, 4) is 0 Å². The van der Waals surface area contributed by atoms with E-state index in [9.17, 15) is 8.42 Å². The van der Waals surface area contributed by atoms with Gasteiger partial charge in [-0.3, -0.25) is 4.18 Å². The van der Waals surface area contributed by atoms with E-state index in [0.717, 1.165) is 6.26 Å². The van der Waals surface area contributed by atoms with E-state index in [0.29, 0.717) is 6.61 Å². The van der Waals surface area contributed by atoms with Gasteiger partial charge in [-0.05, 0) is 27.7 Å². The highest BCUT2D eigenvalue weighted by Gasteiger charge is 2.29. The SMILES string of the molecule is COCC(OC(C)(C)C)C(C)C(C)OS(C)(=O)=O. The molecule has 18 heavy (non-hydrogen) atoms. The van der Waals surface area contributed by atoms with Gasteiger partial charge in [-0.1, -0.05) is 6.92 Å².